The quantitative estimate of drug-likeness (QED) is 0.825. The van der Waals surface area contributed by atoms with Crippen molar-refractivity contribution in [3.05, 3.63) is 17.4 Å². The van der Waals surface area contributed by atoms with Gasteiger partial charge in [-0.15, -0.1) is 5.10 Å². The molecule has 1 saturated heterocycles. The number of rotatable bonds is 3. The van der Waals surface area contributed by atoms with Gasteiger partial charge in [-0.05, 0) is 25.2 Å². The zero-order valence-electron chi connectivity index (χ0n) is 10.4. The summed E-state index contributed by atoms with van der Waals surface area (Å²) in [5.74, 6) is 0.898. The first kappa shape index (κ1) is 12.6. The highest BCUT2D eigenvalue weighted by Gasteiger charge is 2.17. The van der Waals surface area contributed by atoms with Gasteiger partial charge in [0, 0.05) is 19.2 Å². The van der Waals surface area contributed by atoms with Crippen LogP contribution < -0.4 is 4.90 Å². The van der Waals surface area contributed by atoms with Gasteiger partial charge < -0.3 is 4.90 Å². The second-order valence-corrected chi connectivity index (χ2v) is 5.20. The van der Waals surface area contributed by atoms with E-state index in [4.69, 9.17) is 11.6 Å². The maximum atomic E-state index is 5.88. The third kappa shape index (κ3) is 3.56. The molecule has 1 aliphatic rings. The van der Waals surface area contributed by atoms with E-state index in [1.807, 2.05) is 12.3 Å². The summed E-state index contributed by atoms with van der Waals surface area (Å²) in [5.41, 5.74) is 1.11. The molecular formula is C13H20ClN3. The maximum Gasteiger partial charge on any atom is 0.153 e. The van der Waals surface area contributed by atoms with Crippen LogP contribution in [0.15, 0.2) is 12.3 Å². The second-order valence-electron chi connectivity index (χ2n) is 4.81. The fraction of sp³-hybridized carbons (Fsp3) is 0.692. The minimum atomic E-state index is 0.483. The van der Waals surface area contributed by atoms with Crippen LogP contribution in [-0.4, -0.2) is 23.3 Å². The molecule has 17 heavy (non-hydrogen) atoms. The van der Waals surface area contributed by atoms with Gasteiger partial charge in [-0.2, -0.15) is 5.10 Å². The Balaban J connectivity index is 1.99. The lowest BCUT2D eigenvalue weighted by molar-refractivity contribution is 0.435. The standard InChI is InChI=1S/C13H20ClN3/c1-2-4-11-5-3-7-17(8-6-11)12-9-13(14)16-15-10-12/h9-11H,2-8H2,1H3. The number of anilines is 1. The molecule has 2 rings (SSSR count). The Morgan fingerprint density at radius 3 is 3.06 bits per heavy atom. The SMILES string of the molecule is CCCC1CCCN(c2cnnc(Cl)c2)CC1. The Kier molecular flexibility index (Phi) is 4.60. The summed E-state index contributed by atoms with van der Waals surface area (Å²) in [6.45, 7) is 4.50. The molecule has 2 heterocycles. The second kappa shape index (κ2) is 6.20. The van der Waals surface area contributed by atoms with Crippen molar-refractivity contribution in [2.45, 2.75) is 39.0 Å². The van der Waals surface area contributed by atoms with Gasteiger partial charge in [0.2, 0.25) is 0 Å². The lowest BCUT2D eigenvalue weighted by atomic mass is 9.96. The van der Waals surface area contributed by atoms with E-state index in [1.165, 1.54) is 32.1 Å². The van der Waals surface area contributed by atoms with Crippen LogP contribution in [0.4, 0.5) is 5.69 Å². The molecule has 0 spiro atoms. The Morgan fingerprint density at radius 1 is 1.41 bits per heavy atom. The lowest BCUT2D eigenvalue weighted by Crippen LogP contribution is -2.24. The van der Waals surface area contributed by atoms with Crippen LogP contribution in [0.5, 0.6) is 0 Å². The molecule has 1 aromatic rings. The summed E-state index contributed by atoms with van der Waals surface area (Å²) in [4.78, 5) is 2.39. The van der Waals surface area contributed by atoms with Gasteiger partial charge in [-0.1, -0.05) is 31.4 Å². The van der Waals surface area contributed by atoms with Crippen molar-refractivity contribution in [3.63, 3.8) is 0 Å². The van der Waals surface area contributed by atoms with Crippen molar-refractivity contribution >= 4 is 17.3 Å². The Bertz CT molecular complexity index is 356. The summed E-state index contributed by atoms with van der Waals surface area (Å²) in [6, 6.07) is 1.91. The van der Waals surface area contributed by atoms with E-state index in [1.54, 1.807) is 0 Å². The van der Waals surface area contributed by atoms with Crippen molar-refractivity contribution in [3.8, 4) is 0 Å². The van der Waals surface area contributed by atoms with E-state index in [2.05, 4.69) is 22.0 Å². The van der Waals surface area contributed by atoms with E-state index in [9.17, 15) is 0 Å². The monoisotopic (exact) mass is 253 g/mol. The van der Waals surface area contributed by atoms with Gasteiger partial charge in [-0.25, -0.2) is 0 Å². The molecular weight excluding hydrogens is 234 g/mol. The molecule has 1 atom stereocenters. The average molecular weight is 254 g/mol. The molecule has 0 aromatic carbocycles. The van der Waals surface area contributed by atoms with Gasteiger partial charge in [-0.3, -0.25) is 0 Å². The molecule has 1 aromatic heterocycles. The van der Waals surface area contributed by atoms with Crippen LogP contribution in [0.25, 0.3) is 0 Å². The van der Waals surface area contributed by atoms with Crippen LogP contribution in [-0.2, 0) is 0 Å². The molecule has 94 valence electrons. The molecule has 0 bridgehead atoms. The molecule has 3 nitrogen and oxygen atoms in total. The minimum absolute atomic E-state index is 0.483. The van der Waals surface area contributed by atoms with E-state index >= 15 is 0 Å². The largest absolute Gasteiger partial charge is 0.370 e. The summed E-state index contributed by atoms with van der Waals surface area (Å²) in [6.07, 6.45) is 8.39. The van der Waals surface area contributed by atoms with E-state index < -0.39 is 0 Å². The third-order valence-corrected chi connectivity index (χ3v) is 3.70. The van der Waals surface area contributed by atoms with Gasteiger partial charge in [0.25, 0.3) is 0 Å². The van der Waals surface area contributed by atoms with E-state index in [0.717, 1.165) is 24.7 Å². The molecule has 0 saturated carbocycles. The van der Waals surface area contributed by atoms with Crippen molar-refractivity contribution in [1.29, 1.82) is 0 Å². The summed E-state index contributed by atoms with van der Waals surface area (Å²) in [7, 11) is 0. The average Bonchev–Trinajstić information content (AvgIpc) is 2.55. The third-order valence-electron chi connectivity index (χ3n) is 3.52. The van der Waals surface area contributed by atoms with Gasteiger partial charge in [0.15, 0.2) is 5.15 Å². The van der Waals surface area contributed by atoms with Crippen LogP contribution >= 0.6 is 11.6 Å². The molecule has 0 N–H and O–H groups in total. The zero-order chi connectivity index (χ0) is 12.1. The summed E-state index contributed by atoms with van der Waals surface area (Å²) >= 11 is 5.88. The molecule has 4 heteroatoms. The summed E-state index contributed by atoms with van der Waals surface area (Å²) in [5, 5.41) is 8.20. The number of halogens is 1. The fourth-order valence-electron chi connectivity index (χ4n) is 2.62. The Labute approximate surface area is 108 Å². The Hall–Kier alpha value is -0.830. The molecule has 0 amide bonds. The minimum Gasteiger partial charge on any atom is -0.370 e. The smallest absolute Gasteiger partial charge is 0.153 e. The molecule has 1 unspecified atom stereocenters. The first-order chi connectivity index (χ1) is 8.29. The first-order valence-electron chi connectivity index (χ1n) is 6.52. The maximum absolute atomic E-state index is 5.88. The highest BCUT2D eigenvalue weighted by molar-refractivity contribution is 6.29. The van der Waals surface area contributed by atoms with Gasteiger partial charge in [0.1, 0.15) is 0 Å². The predicted octanol–water partition coefficient (Wildman–Crippen LogP) is 3.54. The predicted molar refractivity (Wildman–Crippen MR) is 71.5 cm³/mol. The topological polar surface area (TPSA) is 29.0 Å². The highest BCUT2D eigenvalue weighted by Crippen LogP contribution is 2.25. The van der Waals surface area contributed by atoms with Gasteiger partial charge in [0.05, 0.1) is 11.9 Å². The number of hydrogen-bond acceptors (Lipinski definition) is 3. The van der Waals surface area contributed by atoms with Crippen molar-refractivity contribution in [2.75, 3.05) is 18.0 Å². The highest BCUT2D eigenvalue weighted by atomic mass is 35.5. The van der Waals surface area contributed by atoms with E-state index in [0.29, 0.717) is 5.15 Å². The molecule has 1 fully saturated rings. The van der Waals surface area contributed by atoms with Crippen molar-refractivity contribution in [1.82, 2.24) is 10.2 Å². The van der Waals surface area contributed by atoms with Gasteiger partial charge >= 0.3 is 0 Å². The number of aromatic nitrogens is 2. The van der Waals surface area contributed by atoms with Crippen LogP contribution in [0.2, 0.25) is 5.15 Å². The number of hydrogen-bond donors (Lipinski definition) is 0. The normalized spacial score (nSPS) is 21.3. The fourth-order valence-corrected chi connectivity index (χ4v) is 2.78. The molecule has 0 aliphatic carbocycles. The summed E-state index contributed by atoms with van der Waals surface area (Å²) < 4.78 is 0. The van der Waals surface area contributed by atoms with E-state index in [-0.39, 0.29) is 0 Å². The molecule has 0 radical (unpaired) electrons. The van der Waals surface area contributed by atoms with Crippen molar-refractivity contribution < 1.29 is 0 Å². The lowest BCUT2D eigenvalue weighted by Gasteiger charge is -2.22. The van der Waals surface area contributed by atoms with Crippen LogP contribution in [0.3, 0.4) is 0 Å². The van der Waals surface area contributed by atoms with Crippen LogP contribution in [0.1, 0.15) is 39.0 Å². The van der Waals surface area contributed by atoms with Crippen LogP contribution in [0, 0.1) is 5.92 Å². The molecule has 1 aliphatic heterocycles. The Morgan fingerprint density at radius 2 is 2.29 bits per heavy atom. The number of nitrogens with zero attached hydrogens (tertiary/aromatic N) is 3. The zero-order valence-corrected chi connectivity index (χ0v) is 11.2. The first-order valence-corrected chi connectivity index (χ1v) is 6.90. The van der Waals surface area contributed by atoms with Crippen molar-refractivity contribution in [2.24, 2.45) is 5.92 Å².